The van der Waals surface area contributed by atoms with Crippen molar-refractivity contribution >= 4 is 5.91 Å². The highest BCUT2D eigenvalue weighted by Crippen LogP contribution is 2.11. The summed E-state index contributed by atoms with van der Waals surface area (Å²) in [6, 6.07) is 10.9. The summed E-state index contributed by atoms with van der Waals surface area (Å²) in [5.74, 6) is 0.439. The lowest BCUT2D eigenvalue weighted by atomic mass is 10.1. The highest BCUT2D eigenvalue weighted by Gasteiger charge is 2.09. The van der Waals surface area contributed by atoms with Gasteiger partial charge in [-0.05, 0) is 31.2 Å². The fourth-order valence-corrected chi connectivity index (χ4v) is 1.89. The Morgan fingerprint density at radius 3 is 2.67 bits per heavy atom. The Balaban J connectivity index is 1.63. The first-order chi connectivity index (χ1) is 10.2. The molecule has 0 fully saturated rings. The van der Waals surface area contributed by atoms with Crippen molar-refractivity contribution in [3.05, 3.63) is 59.5 Å². The summed E-state index contributed by atoms with van der Waals surface area (Å²) in [7, 11) is 0. The van der Waals surface area contributed by atoms with Crippen molar-refractivity contribution < 1.29 is 14.3 Å². The minimum absolute atomic E-state index is 0.0941. The molecular weight excluding hydrogens is 268 g/mol. The molecule has 0 saturated carbocycles. The van der Waals surface area contributed by atoms with Crippen LogP contribution in [-0.2, 0) is 0 Å². The first-order valence-electron chi connectivity index (χ1n) is 6.94. The minimum atomic E-state index is -0.673. The molecule has 0 aliphatic rings. The molecule has 1 aromatic carbocycles. The van der Waals surface area contributed by atoms with Crippen LogP contribution in [0.3, 0.4) is 0 Å². The molecule has 0 bridgehead atoms. The van der Waals surface area contributed by atoms with Crippen molar-refractivity contribution in [2.45, 2.75) is 13.0 Å². The van der Waals surface area contributed by atoms with Crippen LogP contribution in [0, 0.1) is 6.92 Å². The monoisotopic (exact) mass is 288 g/mol. The van der Waals surface area contributed by atoms with Gasteiger partial charge in [-0.25, -0.2) is 0 Å². The average molecular weight is 288 g/mol. The van der Waals surface area contributed by atoms with Crippen LogP contribution in [0.1, 0.15) is 27.8 Å². The summed E-state index contributed by atoms with van der Waals surface area (Å²) in [6.45, 7) is 3.44. The fourth-order valence-electron chi connectivity index (χ4n) is 1.89. The van der Waals surface area contributed by atoms with Crippen molar-refractivity contribution in [1.82, 2.24) is 10.6 Å². The number of rotatable bonds is 7. The van der Waals surface area contributed by atoms with E-state index >= 15 is 0 Å². The summed E-state index contributed by atoms with van der Waals surface area (Å²) in [6.07, 6.45) is 0.855. The predicted molar refractivity (Wildman–Crippen MR) is 80.0 cm³/mol. The molecule has 1 amide bonds. The van der Waals surface area contributed by atoms with Gasteiger partial charge in [0, 0.05) is 25.2 Å². The minimum Gasteiger partial charge on any atom is -0.467 e. The molecule has 3 N–H and O–H groups in total. The molecule has 21 heavy (non-hydrogen) atoms. The maximum atomic E-state index is 11.8. The van der Waals surface area contributed by atoms with Gasteiger partial charge in [0.2, 0.25) is 0 Å². The molecule has 5 heteroatoms. The molecule has 0 spiro atoms. The number of furan rings is 1. The van der Waals surface area contributed by atoms with Crippen molar-refractivity contribution in [3.8, 4) is 0 Å². The summed E-state index contributed by atoms with van der Waals surface area (Å²) in [5, 5.41) is 15.7. The predicted octanol–water partition coefficient (Wildman–Crippen LogP) is 1.64. The van der Waals surface area contributed by atoms with Crippen LogP contribution in [0.15, 0.2) is 47.1 Å². The van der Waals surface area contributed by atoms with Gasteiger partial charge in [-0.2, -0.15) is 0 Å². The van der Waals surface area contributed by atoms with Gasteiger partial charge in [-0.1, -0.05) is 17.7 Å². The van der Waals surface area contributed by atoms with E-state index in [9.17, 15) is 9.90 Å². The number of aryl methyl sites for hydroxylation is 1. The van der Waals surface area contributed by atoms with Gasteiger partial charge in [0.25, 0.3) is 5.91 Å². The SMILES string of the molecule is Cc1ccc(C(=O)NCCNCC(O)c2ccco2)cc1. The third-order valence-electron chi connectivity index (χ3n) is 3.11. The van der Waals surface area contributed by atoms with E-state index in [-0.39, 0.29) is 5.91 Å². The van der Waals surface area contributed by atoms with Gasteiger partial charge >= 0.3 is 0 Å². The third-order valence-corrected chi connectivity index (χ3v) is 3.11. The van der Waals surface area contributed by atoms with E-state index in [1.165, 1.54) is 6.26 Å². The van der Waals surface area contributed by atoms with E-state index in [0.717, 1.165) is 5.56 Å². The van der Waals surface area contributed by atoms with Crippen molar-refractivity contribution in [3.63, 3.8) is 0 Å². The molecule has 0 aliphatic carbocycles. The number of benzene rings is 1. The number of hydrogen-bond donors (Lipinski definition) is 3. The molecule has 5 nitrogen and oxygen atoms in total. The maximum Gasteiger partial charge on any atom is 0.251 e. The first kappa shape index (κ1) is 15.3. The lowest BCUT2D eigenvalue weighted by Gasteiger charge is -2.10. The highest BCUT2D eigenvalue weighted by atomic mass is 16.4. The lowest BCUT2D eigenvalue weighted by molar-refractivity contribution is 0.0953. The third kappa shape index (κ3) is 4.73. The number of carbonyl (C=O) groups is 1. The van der Waals surface area contributed by atoms with Gasteiger partial charge in [0.05, 0.1) is 6.26 Å². The number of nitrogens with one attached hydrogen (secondary N) is 2. The van der Waals surface area contributed by atoms with Crippen LogP contribution in [0.25, 0.3) is 0 Å². The fraction of sp³-hybridized carbons (Fsp3) is 0.312. The standard InChI is InChI=1S/C16H20N2O3/c1-12-4-6-13(7-5-12)16(20)18-9-8-17-11-14(19)15-3-2-10-21-15/h2-7,10,14,17,19H,8-9,11H2,1H3,(H,18,20). The summed E-state index contributed by atoms with van der Waals surface area (Å²) >= 11 is 0. The second kappa shape index (κ2) is 7.61. The van der Waals surface area contributed by atoms with Crippen LogP contribution >= 0.6 is 0 Å². The van der Waals surface area contributed by atoms with Gasteiger partial charge in [0.1, 0.15) is 11.9 Å². The molecular formula is C16H20N2O3. The highest BCUT2D eigenvalue weighted by molar-refractivity contribution is 5.94. The molecule has 112 valence electrons. The number of amides is 1. The summed E-state index contributed by atoms with van der Waals surface area (Å²) in [5.41, 5.74) is 1.77. The Hall–Kier alpha value is -2.11. The van der Waals surface area contributed by atoms with E-state index < -0.39 is 6.10 Å². The molecule has 0 saturated heterocycles. The second-order valence-corrected chi connectivity index (χ2v) is 4.86. The lowest BCUT2D eigenvalue weighted by Crippen LogP contribution is -2.33. The Labute approximate surface area is 124 Å². The quantitative estimate of drug-likeness (QED) is 0.677. The van der Waals surface area contributed by atoms with E-state index in [1.807, 2.05) is 19.1 Å². The molecule has 1 aromatic heterocycles. The number of aliphatic hydroxyl groups excluding tert-OH is 1. The summed E-state index contributed by atoms with van der Waals surface area (Å²) in [4.78, 5) is 11.8. The van der Waals surface area contributed by atoms with Crippen LogP contribution in [0.2, 0.25) is 0 Å². The van der Waals surface area contributed by atoms with Crippen molar-refractivity contribution in [1.29, 1.82) is 0 Å². The molecule has 1 unspecified atom stereocenters. The maximum absolute atomic E-state index is 11.8. The largest absolute Gasteiger partial charge is 0.467 e. The van der Waals surface area contributed by atoms with Crippen LogP contribution in [-0.4, -0.2) is 30.6 Å². The van der Waals surface area contributed by atoms with Gasteiger partial charge < -0.3 is 20.2 Å². The van der Waals surface area contributed by atoms with Gasteiger partial charge in [-0.3, -0.25) is 4.79 Å². The Morgan fingerprint density at radius 2 is 2.00 bits per heavy atom. The topological polar surface area (TPSA) is 74.5 Å². The van der Waals surface area contributed by atoms with Gasteiger partial charge in [0.15, 0.2) is 0 Å². The molecule has 2 rings (SSSR count). The van der Waals surface area contributed by atoms with Crippen LogP contribution < -0.4 is 10.6 Å². The van der Waals surface area contributed by atoms with E-state index in [0.29, 0.717) is 31.0 Å². The normalized spacial score (nSPS) is 12.1. The number of aliphatic hydroxyl groups is 1. The van der Waals surface area contributed by atoms with Crippen molar-refractivity contribution in [2.24, 2.45) is 0 Å². The smallest absolute Gasteiger partial charge is 0.251 e. The Morgan fingerprint density at radius 1 is 1.24 bits per heavy atom. The number of carbonyl (C=O) groups excluding carboxylic acids is 1. The Kier molecular flexibility index (Phi) is 5.54. The van der Waals surface area contributed by atoms with Crippen LogP contribution in [0.4, 0.5) is 0 Å². The molecule has 0 radical (unpaired) electrons. The van der Waals surface area contributed by atoms with E-state index in [1.54, 1.807) is 24.3 Å². The zero-order valence-corrected chi connectivity index (χ0v) is 12.0. The number of hydrogen-bond acceptors (Lipinski definition) is 4. The second-order valence-electron chi connectivity index (χ2n) is 4.86. The molecule has 0 aliphatic heterocycles. The molecule has 2 aromatic rings. The van der Waals surface area contributed by atoms with Gasteiger partial charge in [-0.15, -0.1) is 0 Å². The Bertz CT molecular complexity index is 549. The zero-order valence-electron chi connectivity index (χ0n) is 12.0. The zero-order chi connectivity index (χ0) is 15.1. The molecule has 1 heterocycles. The summed E-state index contributed by atoms with van der Waals surface area (Å²) < 4.78 is 5.10. The van der Waals surface area contributed by atoms with Crippen LogP contribution in [0.5, 0.6) is 0 Å². The van der Waals surface area contributed by atoms with E-state index in [4.69, 9.17) is 4.42 Å². The first-order valence-corrected chi connectivity index (χ1v) is 6.94. The molecule has 1 atom stereocenters. The van der Waals surface area contributed by atoms with Crippen molar-refractivity contribution in [2.75, 3.05) is 19.6 Å². The van der Waals surface area contributed by atoms with E-state index in [2.05, 4.69) is 10.6 Å². The average Bonchev–Trinajstić information content (AvgIpc) is 3.01.